The molecule has 4 rings (SSSR count). The number of benzene rings is 2. The van der Waals surface area contributed by atoms with Gasteiger partial charge in [0.1, 0.15) is 11.3 Å². The van der Waals surface area contributed by atoms with Crippen LogP contribution in [0.2, 0.25) is 0 Å². The highest BCUT2D eigenvalue weighted by Gasteiger charge is 2.25. The molecular formula is C21H22N2O3. The van der Waals surface area contributed by atoms with Crippen molar-refractivity contribution in [1.82, 2.24) is 4.90 Å². The van der Waals surface area contributed by atoms with Crippen LogP contribution in [0.3, 0.4) is 0 Å². The molecule has 134 valence electrons. The van der Waals surface area contributed by atoms with Crippen LogP contribution in [-0.2, 0) is 0 Å². The maximum absolute atomic E-state index is 12.8. The van der Waals surface area contributed by atoms with Crippen molar-refractivity contribution in [3.63, 3.8) is 0 Å². The van der Waals surface area contributed by atoms with E-state index in [1.165, 1.54) is 0 Å². The lowest BCUT2D eigenvalue weighted by Gasteiger charge is -2.36. The number of piperazine rings is 1. The minimum absolute atomic E-state index is 0.0426. The Morgan fingerprint density at radius 1 is 1.04 bits per heavy atom. The molecule has 2 heterocycles. The maximum atomic E-state index is 12.8. The summed E-state index contributed by atoms with van der Waals surface area (Å²) in [5.41, 5.74) is 1.84. The van der Waals surface area contributed by atoms with Gasteiger partial charge in [-0.05, 0) is 31.2 Å². The van der Waals surface area contributed by atoms with E-state index in [9.17, 15) is 4.79 Å². The van der Waals surface area contributed by atoms with Crippen molar-refractivity contribution in [1.29, 1.82) is 0 Å². The summed E-state index contributed by atoms with van der Waals surface area (Å²) in [4.78, 5) is 16.9. The van der Waals surface area contributed by atoms with E-state index in [2.05, 4.69) is 11.0 Å². The SMILES string of the molecule is CCOc1ccccc1N1CCN(C(=O)c2cc3ccccc3o2)CC1. The molecule has 0 bridgehead atoms. The molecule has 2 aromatic carbocycles. The van der Waals surface area contributed by atoms with Crippen molar-refractivity contribution in [2.24, 2.45) is 0 Å². The molecule has 1 aliphatic heterocycles. The zero-order valence-electron chi connectivity index (χ0n) is 14.9. The first-order valence-corrected chi connectivity index (χ1v) is 9.01. The Morgan fingerprint density at radius 2 is 1.77 bits per heavy atom. The van der Waals surface area contributed by atoms with Gasteiger partial charge in [0.25, 0.3) is 5.91 Å². The summed E-state index contributed by atoms with van der Waals surface area (Å²) < 4.78 is 11.5. The highest BCUT2D eigenvalue weighted by Crippen LogP contribution is 2.29. The number of fused-ring (bicyclic) bond motifs is 1. The van der Waals surface area contributed by atoms with Crippen LogP contribution in [0.15, 0.2) is 59.0 Å². The lowest BCUT2D eigenvalue weighted by molar-refractivity contribution is 0.0717. The molecular weight excluding hydrogens is 328 g/mol. The van der Waals surface area contributed by atoms with Crippen LogP contribution >= 0.6 is 0 Å². The fraction of sp³-hybridized carbons (Fsp3) is 0.286. The van der Waals surface area contributed by atoms with Gasteiger partial charge in [0.2, 0.25) is 0 Å². The van der Waals surface area contributed by atoms with Crippen LogP contribution in [-0.4, -0.2) is 43.6 Å². The minimum Gasteiger partial charge on any atom is -0.492 e. The van der Waals surface area contributed by atoms with E-state index in [1.54, 1.807) is 0 Å². The number of hydrogen-bond donors (Lipinski definition) is 0. The van der Waals surface area contributed by atoms with E-state index < -0.39 is 0 Å². The van der Waals surface area contributed by atoms with Gasteiger partial charge in [0.05, 0.1) is 12.3 Å². The highest BCUT2D eigenvalue weighted by atomic mass is 16.5. The second kappa shape index (κ2) is 7.12. The molecule has 1 aliphatic rings. The first-order valence-electron chi connectivity index (χ1n) is 9.01. The van der Waals surface area contributed by atoms with Crippen molar-refractivity contribution in [3.8, 4) is 5.75 Å². The van der Waals surface area contributed by atoms with E-state index in [0.717, 1.165) is 35.5 Å². The second-order valence-corrected chi connectivity index (χ2v) is 6.33. The van der Waals surface area contributed by atoms with E-state index in [1.807, 2.05) is 60.4 Å². The van der Waals surface area contributed by atoms with E-state index in [-0.39, 0.29) is 5.91 Å². The first kappa shape index (κ1) is 16.5. The number of anilines is 1. The summed E-state index contributed by atoms with van der Waals surface area (Å²) in [5, 5.41) is 0.958. The fourth-order valence-electron chi connectivity index (χ4n) is 3.39. The van der Waals surface area contributed by atoms with Gasteiger partial charge in [-0.1, -0.05) is 30.3 Å². The number of amides is 1. The largest absolute Gasteiger partial charge is 0.492 e. The average Bonchev–Trinajstić information content (AvgIpc) is 3.12. The molecule has 0 aliphatic carbocycles. The van der Waals surface area contributed by atoms with Crippen molar-refractivity contribution in [2.75, 3.05) is 37.7 Å². The molecule has 1 aromatic heterocycles. The van der Waals surface area contributed by atoms with Crippen LogP contribution in [0.25, 0.3) is 11.0 Å². The van der Waals surface area contributed by atoms with Crippen molar-refractivity contribution < 1.29 is 13.9 Å². The van der Waals surface area contributed by atoms with Gasteiger partial charge in [-0.15, -0.1) is 0 Å². The van der Waals surface area contributed by atoms with Crippen molar-refractivity contribution >= 4 is 22.6 Å². The molecule has 0 spiro atoms. The molecule has 0 radical (unpaired) electrons. The molecule has 1 saturated heterocycles. The van der Waals surface area contributed by atoms with Crippen LogP contribution in [0, 0.1) is 0 Å². The molecule has 0 unspecified atom stereocenters. The quantitative estimate of drug-likeness (QED) is 0.718. The third-order valence-electron chi connectivity index (χ3n) is 4.71. The highest BCUT2D eigenvalue weighted by molar-refractivity contribution is 5.96. The Hall–Kier alpha value is -2.95. The van der Waals surface area contributed by atoms with Gasteiger partial charge in [-0.3, -0.25) is 4.79 Å². The maximum Gasteiger partial charge on any atom is 0.289 e. The molecule has 26 heavy (non-hydrogen) atoms. The number of para-hydroxylation sites is 3. The Labute approximate surface area is 152 Å². The number of hydrogen-bond acceptors (Lipinski definition) is 4. The summed E-state index contributed by atoms with van der Waals surface area (Å²) >= 11 is 0. The topological polar surface area (TPSA) is 45.9 Å². The van der Waals surface area contributed by atoms with E-state index in [0.29, 0.717) is 25.5 Å². The average molecular weight is 350 g/mol. The molecule has 0 atom stereocenters. The van der Waals surface area contributed by atoms with Crippen LogP contribution in [0.5, 0.6) is 5.75 Å². The third-order valence-corrected chi connectivity index (χ3v) is 4.71. The van der Waals surface area contributed by atoms with E-state index >= 15 is 0 Å². The summed E-state index contributed by atoms with van der Waals surface area (Å²) in [6.45, 7) is 5.50. The zero-order valence-corrected chi connectivity index (χ0v) is 14.9. The number of nitrogens with zero attached hydrogens (tertiary/aromatic N) is 2. The summed E-state index contributed by atoms with van der Waals surface area (Å²) in [6.07, 6.45) is 0. The molecule has 0 N–H and O–H groups in total. The fourth-order valence-corrected chi connectivity index (χ4v) is 3.39. The van der Waals surface area contributed by atoms with Gasteiger partial charge in [0.15, 0.2) is 5.76 Å². The molecule has 5 nitrogen and oxygen atoms in total. The zero-order chi connectivity index (χ0) is 17.9. The third kappa shape index (κ3) is 3.12. The predicted molar refractivity (Wildman–Crippen MR) is 102 cm³/mol. The number of furan rings is 1. The molecule has 1 fully saturated rings. The minimum atomic E-state index is -0.0426. The Bertz CT molecular complexity index is 877. The lowest BCUT2D eigenvalue weighted by Crippen LogP contribution is -2.48. The van der Waals surface area contributed by atoms with Crippen LogP contribution in [0.1, 0.15) is 17.5 Å². The number of ether oxygens (including phenoxy) is 1. The molecule has 0 saturated carbocycles. The van der Waals surface area contributed by atoms with Crippen molar-refractivity contribution in [3.05, 3.63) is 60.4 Å². The number of rotatable bonds is 4. The van der Waals surface area contributed by atoms with Crippen LogP contribution in [0.4, 0.5) is 5.69 Å². The number of carbonyl (C=O) groups is 1. The van der Waals surface area contributed by atoms with Crippen molar-refractivity contribution in [2.45, 2.75) is 6.92 Å². The van der Waals surface area contributed by atoms with Gasteiger partial charge in [0, 0.05) is 31.6 Å². The Balaban J connectivity index is 1.45. The molecule has 3 aromatic rings. The first-order chi connectivity index (χ1) is 12.8. The monoisotopic (exact) mass is 350 g/mol. The summed E-state index contributed by atoms with van der Waals surface area (Å²) in [6, 6.07) is 17.6. The van der Waals surface area contributed by atoms with Gasteiger partial charge in [-0.25, -0.2) is 0 Å². The summed E-state index contributed by atoms with van der Waals surface area (Å²) in [5.74, 6) is 1.26. The molecule has 1 amide bonds. The van der Waals surface area contributed by atoms with Gasteiger partial charge in [-0.2, -0.15) is 0 Å². The smallest absolute Gasteiger partial charge is 0.289 e. The van der Waals surface area contributed by atoms with Gasteiger partial charge < -0.3 is 19.0 Å². The number of carbonyl (C=O) groups excluding carboxylic acids is 1. The predicted octanol–water partition coefficient (Wildman–Crippen LogP) is 3.79. The normalized spacial score (nSPS) is 14.7. The Kier molecular flexibility index (Phi) is 4.52. The van der Waals surface area contributed by atoms with E-state index in [4.69, 9.17) is 9.15 Å². The summed E-state index contributed by atoms with van der Waals surface area (Å²) in [7, 11) is 0. The standard InChI is InChI=1S/C21H22N2O3/c1-2-25-19-10-6-4-8-17(19)22-11-13-23(14-12-22)21(24)20-15-16-7-3-5-9-18(16)26-20/h3-10,15H,2,11-14H2,1H3. The molecule has 5 heteroatoms. The Morgan fingerprint density at radius 3 is 2.54 bits per heavy atom. The second-order valence-electron chi connectivity index (χ2n) is 6.33. The lowest BCUT2D eigenvalue weighted by atomic mass is 10.2. The van der Waals surface area contributed by atoms with Crippen LogP contribution < -0.4 is 9.64 Å². The van der Waals surface area contributed by atoms with Gasteiger partial charge >= 0.3 is 0 Å².